The summed E-state index contributed by atoms with van der Waals surface area (Å²) in [5, 5.41) is 2.87. The quantitative estimate of drug-likeness (QED) is 0.877. The largest absolute Gasteiger partial charge is 0.378 e. The molecule has 2 aliphatic rings. The first-order chi connectivity index (χ1) is 11.3. The highest BCUT2D eigenvalue weighted by atomic mass is 16.5. The van der Waals surface area contributed by atoms with Gasteiger partial charge in [0.1, 0.15) is 6.04 Å². The summed E-state index contributed by atoms with van der Waals surface area (Å²) >= 11 is 0. The Morgan fingerprint density at radius 2 is 1.83 bits per heavy atom. The van der Waals surface area contributed by atoms with E-state index in [1.165, 1.54) is 0 Å². The molecule has 0 spiro atoms. The molecule has 2 heterocycles. The number of ether oxygens (including phenoxy) is 1. The highest BCUT2D eigenvalue weighted by Gasteiger charge is 2.32. The SMILES string of the molecule is O=C1CCN([C@H](C(=O)N2CCOCC2)c2ccccc2)CCN1. The van der Waals surface area contributed by atoms with Gasteiger partial charge in [-0.1, -0.05) is 30.3 Å². The van der Waals surface area contributed by atoms with Gasteiger partial charge in [0.15, 0.2) is 0 Å². The van der Waals surface area contributed by atoms with E-state index in [4.69, 9.17) is 4.74 Å². The number of hydrogen-bond acceptors (Lipinski definition) is 4. The lowest BCUT2D eigenvalue weighted by Crippen LogP contribution is -2.48. The summed E-state index contributed by atoms with van der Waals surface area (Å²) in [6.07, 6.45) is 0.430. The Morgan fingerprint density at radius 1 is 1.09 bits per heavy atom. The summed E-state index contributed by atoms with van der Waals surface area (Å²) in [7, 11) is 0. The van der Waals surface area contributed by atoms with Gasteiger partial charge in [-0.05, 0) is 5.56 Å². The van der Waals surface area contributed by atoms with Crippen LogP contribution in [0.4, 0.5) is 0 Å². The standard InChI is InChI=1S/C17H23N3O3/c21-15-6-8-19(9-7-18-15)16(14-4-2-1-3-5-14)17(22)20-10-12-23-13-11-20/h1-5,16H,6-13H2,(H,18,21)/t16-/m0/s1. The van der Waals surface area contributed by atoms with Crippen molar-refractivity contribution in [2.45, 2.75) is 12.5 Å². The van der Waals surface area contributed by atoms with Gasteiger partial charge in [-0.3, -0.25) is 14.5 Å². The Hall–Kier alpha value is -1.92. The Balaban J connectivity index is 1.84. The van der Waals surface area contributed by atoms with Crippen molar-refractivity contribution in [1.82, 2.24) is 15.1 Å². The van der Waals surface area contributed by atoms with Gasteiger partial charge in [0.05, 0.1) is 13.2 Å². The maximum absolute atomic E-state index is 13.1. The molecule has 0 aliphatic carbocycles. The zero-order chi connectivity index (χ0) is 16.1. The summed E-state index contributed by atoms with van der Waals surface area (Å²) in [6, 6.07) is 9.51. The second-order valence-electron chi connectivity index (χ2n) is 5.89. The van der Waals surface area contributed by atoms with E-state index in [-0.39, 0.29) is 17.9 Å². The molecule has 2 aliphatic heterocycles. The second-order valence-corrected chi connectivity index (χ2v) is 5.89. The molecule has 0 saturated carbocycles. The number of nitrogens with zero attached hydrogens (tertiary/aromatic N) is 2. The third-order valence-electron chi connectivity index (χ3n) is 4.38. The van der Waals surface area contributed by atoms with Crippen LogP contribution in [0, 0.1) is 0 Å². The highest BCUT2D eigenvalue weighted by Crippen LogP contribution is 2.24. The molecule has 6 nitrogen and oxygen atoms in total. The molecule has 0 unspecified atom stereocenters. The Labute approximate surface area is 136 Å². The predicted octanol–water partition coefficient (Wildman–Crippen LogP) is 0.408. The molecule has 2 amide bonds. The predicted molar refractivity (Wildman–Crippen MR) is 85.8 cm³/mol. The topological polar surface area (TPSA) is 61.9 Å². The van der Waals surface area contributed by atoms with E-state index in [1.54, 1.807) is 0 Å². The smallest absolute Gasteiger partial charge is 0.244 e. The number of morpholine rings is 1. The number of amides is 2. The monoisotopic (exact) mass is 317 g/mol. The number of carbonyl (C=O) groups is 2. The highest BCUT2D eigenvalue weighted by molar-refractivity contribution is 5.84. The van der Waals surface area contributed by atoms with E-state index in [0.717, 1.165) is 5.56 Å². The Bertz CT molecular complexity index is 543. The molecule has 0 aromatic heterocycles. The third kappa shape index (κ3) is 3.89. The molecular formula is C17H23N3O3. The fourth-order valence-electron chi connectivity index (χ4n) is 3.14. The van der Waals surface area contributed by atoms with Gasteiger partial charge >= 0.3 is 0 Å². The third-order valence-corrected chi connectivity index (χ3v) is 4.38. The first-order valence-corrected chi connectivity index (χ1v) is 8.18. The van der Waals surface area contributed by atoms with Gasteiger partial charge in [-0.2, -0.15) is 0 Å². The van der Waals surface area contributed by atoms with E-state index < -0.39 is 0 Å². The van der Waals surface area contributed by atoms with Crippen LogP contribution < -0.4 is 5.32 Å². The van der Waals surface area contributed by atoms with E-state index in [9.17, 15) is 9.59 Å². The maximum Gasteiger partial charge on any atom is 0.244 e. The summed E-state index contributed by atoms with van der Waals surface area (Å²) in [6.45, 7) is 4.31. The number of hydrogen-bond donors (Lipinski definition) is 1. The minimum Gasteiger partial charge on any atom is -0.378 e. The van der Waals surface area contributed by atoms with Gasteiger partial charge < -0.3 is 15.0 Å². The summed E-state index contributed by atoms with van der Waals surface area (Å²) in [5.74, 6) is 0.159. The number of nitrogens with one attached hydrogen (secondary N) is 1. The van der Waals surface area contributed by atoms with E-state index >= 15 is 0 Å². The Morgan fingerprint density at radius 3 is 2.57 bits per heavy atom. The molecule has 124 valence electrons. The molecule has 1 N–H and O–H groups in total. The summed E-state index contributed by atoms with van der Waals surface area (Å²) in [4.78, 5) is 28.7. The lowest BCUT2D eigenvalue weighted by atomic mass is 10.0. The van der Waals surface area contributed by atoms with Crippen molar-refractivity contribution in [1.29, 1.82) is 0 Å². The van der Waals surface area contributed by atoms with Crippen LogP contribution in [0.2, 0.25) is 0 Å². The van der Waals surface area contributed by atoms with Crippen molar-refractivity contribution in [3.8, 4) is 0 Å². The summed E-state index contributed by atoms with van der Waals surface area (Å²) in [5.41, 5.74) is 0.985. The lowest BCUT2D eigenvalue weighted by molar-refractivity contribution is -0.141. The van der Waals surface area contributed by atoms with Gasteiger partial charge in [0.2, 0.25) is 11.8 Å². The molecule has 0 radical (unpaired) electrons. The molecule has 6 heteroatoms. The van der Waals surface area contributed by atoms with Gasteiger partial charge in [0.25, 0.3) is 0 Å². The van der Waals surface area contributed by atoms with Crippen LogP contribution in [0.15, 0.2) is 30.3 Å². The summed E-state index contributed by atoms with van der Waals surface area (Å²) < 4.78 is 5.35. The number of rotatable bonds is 3. The lowest BCUT2D eigenvalue weighted by Gasteiger charge is -2.35. The van der Waals surface area contributed by atoms with Crippen molar-refractivity contribution < 1.29 is 14.3 Å². The van der Waals surface area contributed by atoms with Crippen molar-refractivity contribution in [3.63, 3.8) is 0 Å². The van der Waals surface area contributed by atoms with Crippen molar-refractivity contribution in [2.24, 2.45) is 0 Å². The van der Waals surface area contributed by atoms with Crippen LogP contribution >= 0.6 is 0 Å². The van der Waals surface area contributed by atoms with Gasteiger partial charge in [0, 0.05) is 39.1 Å². The molecule has 23 heavy (non-hydrogen) atoms. The van der Waals surface area contributed by atoms with E-state index in [0.29, 0.717) is 52.4 Å². The molecule has 2 saturated heterocycles. The van der Waals surface area contributed by atoms with E-state index in [1.807, 2.05) is 35.2 Å². The van der Waals surface area contributed by atoms with Gasteiger partial charge in [-0.25, -0.2) is 0 Å². The van der Waals surface area contributed by atoms with Crippen LogP contribution in [0.25, 0.3) is 0 Å². The first kappa shape index (κ1) is 16.0. The van der Waals surface area contributed by atoms with Crippen molar-refractivity contribution in [2.75, 3.05) is 45.9 Å². The first-order valence-electron chi connectivity index (χ1n) is 8.18. The normalized spacial score (nSPS) is 21.4. The average Bonchev–Trinajstić information content (AvgIpc) is 2.82. The zero-order valence-corrected chi connectivity index (χ0v) is 13.2. The molecule has 0 bridgehead atoms. The molecule has 1 aromatic carbocycles. The van der Waals surface area contributed by atoms with E-state index in [2.05, 4.69) is 10.2 Å². The van der Waals surface area contributed by atoms with Gasteiger partial charge in [-0.15, -0.1) is 0 Å². The maximum atomic E-state index is 13.1. The Kier molecular flexibility index (Phi) is 5.25. The van der Waals surface area contributed by atoms with Crippen LogP contribution in [0.3, 0.4) is 0 Å². The average molecular weight is 317 g/mol. The second kappa shape index (κ2) is 7.57. The fourth-order valence-corrected chi connectivity index (χ4v) is 3.14. The van der Waals surface area contributed by atoms with Crippen LogP contribution in [-0.2, 0) is 14.3 Å². The molecule has 2 fully saturated rings. The number of benzene rings is 1. The molecule has 1 atom stereocenters. The zero-order valence-electron chi connectivity index (χ0n) is 13.2. The minimum absolute atomic E-state index is 0.0538. The fraction of sp³-hybridized carbons (Fsp3) is 0.529. The van der Waals surface area contributed by atoms with Crippen molar-refractivity contribution >= 4 is 11.8 Å². The molecular weight excluding hydrogens is 294 g/mol. The van der Waals surface area contributed by atoms with Crippen LogP contribution in [0.5, 0.6) is 0 Å². The number of carbonyl (C=O) groups excluding carboxylic acids is 2. The van der Waals surface area contributed by atoms with Crippen LogP contribution in [-0.4, -0.2) is 67.6 Å². The van der Waals surface area contributed by atoms with Crippen LogP contribution in [0.1, 0.15) is 18.0 Å². The molecule has 3 rings (SSSR count). The van der Waals surface area contributed by atoms with Crippen molar-refractivity contribution in [3.05, 3.63) is 35.9 Å². The molecule has 1 aromatic rings. The minimum atomic E-state index is -0.331.